The number of ether oxygens (including phenoxy) is 2. The van der Waals surface area contributed by atoms with Crippen molar-refractivity contribution in [2.45, 2.75) is 30.9 Å². The first-order valence-corrected chi connectivity index (χ1v) is 13.9. The molecular weight excluding hydrogens is 534 g/mol. The van der Waals surface area contributed by atoms with Crippen LogP contribution in [0.25, 0.3) is 11.1 Å². The zero-order valence-electron chi connectivity index (χ0n) is 22.4. The fraction of sp³-hybridized carbons (Fsp3) is 0.200. The molecule has 1 atom stereocenters. The monoisotopic (exact) mass is 563 g/mol. The first-order chi connectivity index (χ1) is 18.7. The third-order valence-electron chi connectivity index (χ3n) is 6.08. The molecule has 1 aromatic heterocycles. The Kier molecular flexibility index (Phi) is 8.89. The maximum atomic E-state index is 12.8. The predicted molar refractivity (Wildman–Crippen MR) is 158 cm³/mol. The van der Waals surface area contributed by atoms with Gasteiger partial charge in [-0.15, -0.1) is 0 Å². The molecular formula is C30H30ClN3O4S. The standard InChI is InChI=1S/C30H30ClN3O4S/c1-18(2)39(36)28-9-7-6-8-24(28)33-25-16-29(32-17-23(25)31)34-26-14-19(3)22(15-27(26)37-4)20-10-12-21(13-11-20)30(35)38-5/h6-18H,1-5H3,(H2,32,33,34). The van der Waals surface area contributed by atoms with Crippen molar-refractivity contribution in [3.8, 4) is 16.9 Å². The Labute approximate surface area is 236 Å². The lowest BCUT2D eigenvalue weighted by Crippen LogP contribution is -2.08. The fourth-order valence-corrected chi connectivity index (χ4v) is 5.26. The van der Waals surface area contributed by atoms with E-state index in [1.807, 2.05) is 69.3 Å². The van der Waals surface area contributed by atoms with Gasteiger partial charge < -0.3 is 20.1 Å². The molecule has 202 valence electrons. The third kappa shape index (κ3) is 6.41. The molecule has 2 N–H and O–H groups in total. The number of esters is 1. The van der Waals surface area contributed by atoms with Crippen LogP contribution in [0, 0.1) is 6.92 Å². The molecule has 0 saturated carbocycles. The first-order valence-electron chi connectivity index (χ1n) is 12.3. The molecule has 4 rings (SSSR count). The van der Waals surface area contributed by atoms with Gasteiger partial charge in [-0.2, -0.15) is 0 Å². The van der Waals surface area contributed by atoms with Gasteiger partial charge in [-0.3, -0.25) is 4.21 Å². The van der Waals surface area contributed by atoms with Crippen LogP contribution in [0.1, 0.15) is 29.8 Å². The van der Waals surface area contributed by atoms with Crippen LogP contribution in [-0.2, 0) is 15.5 Å². The SMILES string of the molecule is COC(=O)c1ccc(-c2cc(OC)c(Nc3cc(Nc4ccccc4S(=O)C(C)C)c(Cl)cn3)cc2C)cc1. The van der Waals surface area contributed by atoms with Crippen LogP contribution >= 0.6 is 11.6 Å². The second-order valence-electron chi connectivity index (χ2n) is 9.08. The number of hydrogen-bond donors (Lipinski definition) is 2. The Morgan fingerprint density at radius 2 is 1.67 bits per heavy atom. The van der Waals surface area contributed by atoms with E-state index in [9.17, 15) is 9.00 Å². The highest BCUT2D eigenvalue weighted by Gasteiger charge is 2.16. The molecule has 3 aromatic carbocycles. The molecule has 0 spiro atoms. The molecule has 1 heterocycles. The average molecular weight is 564 g/mol. The van der Waals surface area contributed by atoms with E-state index in [1.165, 1.54) is 7.11 Å². The molecule has 4 aromatic rings. The van der Waals surface area contributed by atoms with Gasteiger partial charge >= 0.3 is 5.97 Å². The molecule has 7 nitrogen and oxygen atoms in total. The summed E-state index contributed by atoms with van der Waals surface area (Å²) in [6, 6.07) is 20.4. The van der Waals surface area contributed by atoms with Gasteiger partial charge in [-0.25, -0.2) is 9.78 Å². The van der Waals surface area contributed by atoms with Gasteiger partial charge in [0.25, 0.3) is 0 Å². The summed E-state index contributed by atoms with van der Waals surface area (Å²) in [4.78, 5) is 16.9. The number of nitrogens with one attached hydrogen (secondary N) is 2. The highest BCUT2D eigenvalue weighted by Crippen LogP contribution is 2.37. The predicted octanol–water partition coefficient (Wildman–Crippen LogP) is 7.51. The Bertz CT molecular complexity index is 1520. The number of aryl methyl sites for hydroxylation is 1. The summed E-state index contributed by atoms with van der Waals surface area (Å²) in [7, 11) is 1.80. The van der Waals surface area contributed by atoms with Crippen LogP contribution < -0.4 is 15.4 Å². The normalized spacial score (nSPS) is 11.7. The summed E-state index contributed by atoms with van der Waals surface area (Å²) in [5, 5.41) is 7.05. The molecule has 0 fully saturated rings. The highest BCUT2D eigenvalue weighted by atomic mass is 35.5. The topological polar surface area (TPSA) is 89.5 Å². The van der Waals surface area contributed by atoms with Gasteiger partial charge in [-0.05, 0) is 60.0 Å². The van der Waals surface area contributed by atoms with E-state index in [0.29, 0.717) is 32.7 Å². The minimum absolute atomic E-state index is 0.0254. The molecule has 9 heteroatoms. The zero-order valence-corrected chi connectivity index (χ0v) is 23.9. The maximum absolute atomic E-state index is 12.8. The minimum atomic E-state index is -1.17. The van der Waals surface area contributed by atoms with Crippen molar-refractivity contribution < 1.29 is 18.5 Å². The molecule has 0 aliphatic rings. The molecule has 0 bridgehead atoms. The van der Waals surface area contributed by atoms with Crippen LogP contribution in [0.3, 0.4) is 0 Å². The number of pyridine rings is 1. The van der Waals surface area contributed by atoms with Crippen molar-refractivity contribution in [2.24, 2.45) is 0 Å². The number of aromatic nitrogens is 1. The number of halogens is 1. The number of anilines is 4. The number of para-hydroxylation sites is 1. The van der Waals surface area contributed by atoms with Crippen molar-refractivity contribution in [3.63, 3.8) is 0 Å². The first kappa shape index (κ1) is 28.1. The summed E-state index contributed by atoms with van der Waals surface area (Å²) in [6.07, 6.45) is 1.56. The van der Waals surface area contributed by atoms with Crippen molar-refractivity contribution in [1.82, 2.24) is 4.98 Å². The second kappa shape index (κ2) is 12.3. The lowest BCUT2D eigenvalue weighted by Gasteiger charge is -2.17. The number of hydrogen-bond acceptors (Lipinski definition) is 7. The van der Waals surface area contributed by atoms with Crippen LogP contribution in [0.15, 0.2) is 77.8 Å². The lowest BCUT2D eigenvalue weighted by atomic mass is 9.98. The smallest absolute Gasteiger partial charge is 0.337 e. The van der Waals surface area contributed by atoms with Gasteiger partial charge in [-0.1, -0.05) is 49.7 Å². The third-order valence-corrected chi connectivity index (χ3v) is 8.03. The second-order valence-corrected chi connectivity index (χ2v) is 11.5. The number of methoxy groups -OCH3 is 2. The van der Waals surface area contributed by atoms with Gasteiger partial charge in [0.15, 0.2) is 0 Å². The zero-order chi connectivity index (χ0) is 28.1. The van der Waals surface area contributed by atoms with Gasteiger partial charge in [0.05, 0.1) is 63.8 Å². The summed E-state index contributed by atoms with van der Waals surface area (Å²) in [5.41, 5.74) is 5.47. The largest absolute Gasteiger partial charge is 0.495 e. The minimum Gasteiger partial charge on any atom is -0.495 e. The van der Waals surface area contributed by atoms with E-state index in [1.54, 1.807) is 31.5 Å². The van der Waals surface area contributed by atoms with Crippen LogP contribution in [-0.4, -0.2) is 34.6 Å². The van der Waals surface area contributed by atoms with Gasteiger partial charge in [0, 0.05) is 11.3 Å². The number of benzene rings is 3. The highest BCUT2D eigenvalue weighted by molar-refractivity contribution is 7.85. The fourth-order valence-electron chi connectivity index (χ4n) is 4.05. The van der Waals surface area contributed by atoms with E-state index in [4.69, 9.17) is 21.1 Å². The van der Waals surface area contributed by atoms with Crippen molar-refractivity contribution in [3.05, 3.63) is 89.1 Å². The number of nitrogens with zero attached hydrogens (tertiary/aromatic N) is 1. The summed E-state index contributed by atoms with van der Waals surface area (Å²) >= 11 is 6.47. The molecule has 0 amide bonds. The molecule has 0 aliphatic heterocycles. The van der Waals surface area contributed by atoms with E-state index in [-0.39, 0.29) is 11.2 Å². The number of carbonyl (C=O) groups excluding carboxylic acids is 1. The number of rotatable bonds is 9. The molecule has 0 radical (unpaired) electrons. The number of carbonyl (C=O) groups is 1. The Hall–Kier alpha value is -3.88. The van der Waals surface area contributed by atoms with E-state index < -0.39 is 10.8 Å². The van der Waals surface area contributed by atoms with E-state index in [0.717, 1.165) is 28.1 Å². The molecule has 1 unspecified atom stereocenters. The summed E-state index contributed by atoms with van der Waals surface area (Å²) in [6.45, 7) is 5.85. The van der Waals surface area contributed by atoms with E-state index in [2.05, 4.69) is 15.6 Å². The Morgan fingerprint density at radius 1 is 0.949 bits per heavy atom. The maximum Gasteiger partial charge on any atom is 0.337 e. The Morgan fingerprint density at radius 3 is 2.33 bits per heavy atom. The van der Waals surface area contributed by atoms with Crippen molar-refractivity contribution >= 4 is 51.2 Å². The quantitative estimate of drug-likeness (QED) is 0.204. The van der Waals surface area contributed by atoms with E-state index >= 15 is 0 Å². The molecule has 39 heavy (non-hydrogen) atoms. The summed E-state index contributed by atoms with van der Waals surface area (Å²) < 4.78 is 23.3. The van der Waals surface area contributed by atoms with Crippen LogP contribution in [0.4, 0.5) is 22.9 Å². The lowest BCUT2D eigenvalue weighted by molar-refractivity contribution is 0.0600. The van der Waals surface area contributed by atoms with Crippen molar-refractivity contribution in [1.29, 1.82) is 0 Å². The summed E-state index contributed by atoms with van der Waals surface area (Å²) in [5.74, 6) is 0.796. The van der Waals surface area contributed by atoms with Crippen molar-refractivity contribution in [2.75, 3.05) is 24.9 Å². The van der Waals surface area contributed by atoms with Gasteiger partial charge in [0.1, 0.15) is 11.6 Å². The average Bonchev–Trinajstić information content (AvgIpc) is 2.94. The molecule has 0 aliphatic carbocycles. The van der Waals surface area contributed by atoms with Crippen LogP contribution in [0.2, 0.25) is 5.02 Å². The molecule has 0 saturated heterocycles. The Balaban J connectivity index is 1.62. The van der Waals surface area contributed by atoms with Gasteiger partial charge in [0.2, 0.25) is 0 Å². The van der Waals surface area contributed by atoms with Crippen LogP contribution in [0.5, 0.6) is 5.75 Å².